The molecular weight excluding hydrogens is 244 g/mol. The highest BCUT2D eigenvalue weighted by Gasteiger charge is 2.19. The van der Waals surface area contributed by atoms with Crippen LogP contribution in [0.1, 0.15) is 0 Å². The Kier molecular flexibility index (Phi) is 3.55. The lowest BCUT2D eigenvalue weighted by molar-refractivity contribution is -0.135. The van der Waals surface area contributed by atoms with Gasteiger partial charge < -0.3 is 5.11 Å². The molecule has 0 aliphatic heterocycles. The number of sulfonamides is 1. The normalized spacial score (nSPS) is 11.4. The van der Waals surface area contributed by atoms with Gasteiger partial charge in [0.25, 0.3) is 0 Å². The third-order valence-corrected chi connectivity index (χ3v) is 3.03. The summed E-state index contributed by atoms with van der Waals surface area (Å²) in [6.45, 7) is -0.876. The molecule has 8 heteroatoms. The molecule has 0 saturated heterocycles. The summed E-state index contributed by atoms with van der Waals surface area (Å²) in [5.41, 5.74) is 0. The number of carboxylic acids is 1. The van der Waals surface area contributed by atoms with E-state index in [-0.39, 0.29) is 0 Å². The fourth-order valence-electron chi connectivity index (χ4n) is 0.928. The van der Waals surface area contributed by atoms with Crippen LogP contribution in [0.3, 0.4) is 0 Å². The summed E-state index contributed by atoms with van der Waals surface area (Å²) in [5, 5.41) is 8.26. The summed E-state index contributed by atoms with van der Waals surface area (Å²) >= 11 is 0. The van der Waals surface area contributed by atoms with E-state index in [0.29, 0.717) is 6.07 Å². The molecule has 0 radical (unpaired) electrons. The van der Waals surface area contributed by atoms with Crippen LogP contribution < -0.4 is 4.72 Å². The molecule has 0 fully saturated rings. The molecule has 0 amide bonds. The van der Waals surface area contributed by atoms with E-state index in [4.69, 9.17) is 5.11 Å². The second kappa shape index (κ2) is 4.54. The largest absolute Gasteiger partial charge is 0.480 e. The van der Waals surface area contributed by atoms with Crippen molar-refractivity contribution in [2.24, 2.45) is 0 Å². The van der Waals surface area contributed by atoms with Gasteiger partial charge in [-0.1, -0.05) is 0 Å². The summed E-state index contributed by atoms with van der Waals surface area (Å²) in [5.74, 6) is -3.61. The lowest BCUT2D eigenvalue weighted by Crippen LogP contribution is -2.30. The molecule has 0 bridgehead atoms. The highest BCUT2D eigenvalue weighted by molar-refractivity contribution is 7.89. The van der Waals surface area contributed by atoms with Crippen LogP contribution in [0.5, 0.6) is 0 Å². The van der Waals surface area contributed by atoms with Gasteiger partial charge in [0.05, 0.1) is 0 Å². The number of hydrogen-bond acceptors (Lipinski definition) is 3. The van der Waals surface area contributed by atoms with Crippen molar-refractivity contribution in [3.05, 3.63) is 29.8 Å². The molecule has 88 valence electrons. The van der Waals surface area contributed by atoms with Gasteiger partial charge in [-0.25, -0.2) is 17.2 Å². The van der Waals surface area contributed by atoms with Crippen LogP contribution in [0, 0.1) is 11.6 Å². The van der Waals surface area contributed by atoms with Gasteiger partial charge in [0, 0.05) is 6.07 Å². The third kappa shape index (κ3) is 2.97. The van der Waals surface area contributed by atoms with Crippen molar-refractivity contribution in [1.29, 1.82) is 0 Å². The molecule has 5 nitrogen and oxygen atoms in total. The molecule has 0 heterocycles. The van der Waals surface area contributed by atoms with E-state index in [2.05, 4.69) is 0 Å². The lowest BCUT2D eigenvalue weighted by Gasteiger charge is -2.05. The molecule has 0 saturated carbocycles. The highest BCUT2D eigenvalue weighted by Crippen LogP contribution is 2.14. The number of aliphatic carboxylic acids is 1. The van der Waals surface area contributed by atoms with Crippen molar-refractivity contribution in [2.45, 2.75) is 4.90 Å². The summed E-state index contributed by atoms with van der Waals surface area (Å²) in [6, 6.07) is 1.88. The number of benzene rings is 1. The van der Waals surface area contributed by atoms with Crippen LogP contribution in [0.2, 0.25) is 0 Å². The summed E-state index contributed by atoms with van der Waals surface area (Å²) in [4.78, 5) is 9.34. The SMILES string of the molecule is O=C(O)CNS(=O)(=O)c1ccc(F)cc1F. The molecule has 1 aromatic carbocycles. The maximum atomic E-state index is 13.1. The van der Waals surface area contributed by atoms with Crippen LogP contribution >= 0.6 is 0 Å². The molecule has 0 spiro atoms. The van der Waals surface area contributed by atoms with E-state index in [1.54, 1.807) is 4.72 Å². The van der Waals surface area contributed by atoms with E-state index >= 15 is 0 Å². The van der Waals surface area contributed by atoms with E-state index in [0.717, 1.165) is 12.1 Å². The Morgan fingerprint density at radius 1 is 1.38 bits per heavy atom. The summed E-state index contributed by atoms with van der Waals surface area (Å²) < 4.78 is 49.9. The standard InChI is InChI=1S/C8H7F2NO4S/c9-5-1-2-7(6(10)3-5)16(14,15)11-4-8(12)13/h1-3,11H,4H2,(H,12,13). The monoisotopic (exact) mass is 251 g/mol. The smallest absolute Gasteiger partial charge is 0.318 e. The van der Waals surface area contributed by atoms with Crippen molar-refractivity contribution < 1.29 is 27.1 Å². The molecule has 2 N–H and O–H groups in total. The van der Waals surface area contributed by atoms with E-state index in [1.807, 2.05) is 0 Å². The molecule has 0 unspecified atom stereocenters. The average molecular weight is 251 g/mol. The van der Waals surface area contributed by atoms with Gasteiger partial charge in [0.1, 0.15) is 23.1 Å². The molecule has 1 rings (SSSR count). The van der Waals surface area contributed by atoms with Gasteiger partial charge in [0.2, 0.25) is 10.0 Å². The number of rotatable bonds is 4. The number of carboxylic acid groups (broad SMARTS) is 1. The number of halogens is 2. The zero-order chi connectivity index (χ0) is 12.3. The maximum Gasteiger partial charge on any atom is 0.318 e. The Bertz CT molecular complexity index is 515. The Morgan fingerprint density at radius 2 is 2.00 bits per heavy atom. The molecule has 1 aromatic rings. The van der Waals surface area contributed by atoms with E-state index in [1.165, 1.54) is 0 Å². The van der Waals surface area contributed by atoms with Crippen molar-refractivity contribution in [3.63, 3.8) is 0 Å². The van der Waals surface area contributed by atoms with E-state index < -0.39 is 39.1 Å². The molecule has 0 aromatic heterocycles. The molecule has 0 atom stereocenters. The van der Waals surface area contributed by atoms with Crippen LogP contribution in [0.15, 0.2) is 23.1 Å². The van der Waals surface area contributed by atoms with Crippen molar-refractivity contribution in [3.8, 4) is 0 Å². The molecule has 0 aliphatic rings. The van der Waals surface area contributed by atoms with Gasteiger partial charge in [-0.05, 0) is 12.1 Å². The second-order valence-corrected chi connectivity index (χ2v) is 4.53. The van der Waals surface area contributed by atoms with Crippen molar-refractivity contribution >= 4 is 16.0 Å². The number of nitrogens with one attached hydrogen (secondary N) is 1. The van der Waals surface area contributed by atoms with Gasteiger partial charge in [0.15, 0.2) is 0 Å². The van der Waals surface area contributed by atoms with Gasteiger partial charge in [-0.15, -0.1) is 0 Å². The predicted octanol–water partition coefficient (Wildman–Crippen LogP) is 0.328. The number of hydrogen-bond donors (Lipinski definition) is 2. The predicted molar refractivity (Wildman–Crippen MR) is 49.2 cm³/mol. The second-order valence-electron chi connectivity index (χ2n) is 2.79. The Labute approximate surface area is 89.8 Å². The minimum Gasteiger partial charge on any atom is -0.480 e. The lowest BCUT2D eigenvalue weighted by atomic mass is 10.3. The minimum absolute atomic E-state index is 0.398. The first-order valence-electron chi connectivity index (χ1n) is 3.99. The fourth-order valence-corrected chi connectivity index (χ4v) is 1.96. The van der Waals surface area contributed by atoms with E-state index in [9.17, 15) is 22.0 Å². The zero-order valence-electron chi connectivity index (χ0n) is 7.78. The summed E-state index contributed by atoms with van der Waals surface area (Å²) in [6.07, 6.45) is 0. The summed E-state index contributed by atoms with van der Waals surface area (Å²) in [7, 11) is -4.28. The Hall–Kier alpha value is -1.54. The average Bonchev–Trinajstić information content (AvgIpc) is 2.14. The first-order chi connectivity index (χ1) is 7.33. The quantitative estimate of drug-likeness (QED) is 0.807. The highest BCUT2D eigenvalue weighted by atomic mass is 32.2. The first-order valence-corrected chi connectivity index (χ1v) is 5.48. The van der Waals surface area contributed by atoms with Crippen LogP contribution in [-0.2, 0) is 14.8 Å². The van der Waals surface area contributed by atoms with Gasteiger partial charge >= 0.3 is 5.97 Å². The maximum absolute atomic E-state index is 13.1. The minimum atomic E-state index is -4.28. The third-order valence-electron chi connectivity index (χ3n) is 1.60. The number of carbonyl (C=O) groups is 1. The van der Waals surface area contributed by atoms with Crippen LogP contribution in [0.4, 0.5) is 8.78 Å². The Morgan fingerprint density at radius 3 is 2.50 bits per heavy atom. The zero-order valence-corrected chi connectivity index (χ0v) is 8.59. The molecule has 16 heavy (non-hydrogen) atoms. The Balaban J connectivity index is 3.03. The van der Waals surface area contributed by atoms with Crippen molar-refractivity contribution in [2.75, 3.05) is 6.54 Å². The molecular formula is C8H7F2NO4S. The van der Waals surface area contributed by atoms with Gasteiger partial charge in [-0.2, -0.15) is 4.72 Å². The van der Waals surface area contributed by atoms with Crippen LogP contribution in [-0.4, -0.2) is 26.0 Å². The van der Waals surface area contributed by atoms with Gasteiger partial charge in [-0.3, -0.25) is 4.79 Å². The first kappa shape index (κ1) is 12.5. The van der Waals surface area contributed by atoms with Crippen molar-refractivity contribution in [1.82, 2.24) is 4.72 Å². The topological polar surface area (TPSA) is 83.5 Å². The molecule has 0 aliphatic carbocycles. The fraction of sp³-hybridized carbons (Fsp3) is 0.125. The van der Waals surface area contributed by atoms with Crippen LogP contribution in [0.25, 0.3) is 0 Å².